The first kappa shape index (κ1) is 39.9. The minimum absolute atomic E-state index is 0.206. The van der Waals surface area contributed by atoms with E-state index in [1.54, 1.807) is 6.92 Å². The maximum absolute atomic E-state index is 12.6. The molecule has 2 heterocycles. The van der Waals surface area contributed by atoms with Gasteiger partial charge in [0, 0.05) is 29.1 Å². The number of unbranched alkanes of at least 4 members (excludes halogenated alkanes) is 1. The van der Waals surface area contributed by atoms with Gasteiger partial charge in [-0.25, -0.2) is 0 Å². The molecule has 0 spiro atoms. The number of nitrogens with one attached hydrogen (secondary N) is 2. The van der Waals surface area contributed by atoms with Gasteiger partial charge < -0.3 is 31.2 Å². The van der Waals surface area contributed by atoms with Gasteiger partial charge in [0.15, 0.2) is 6.29 Å². The second-order valence-corrected chi connectivity index (χ2v) is 14.5. The topological polar surface area (TPSA) is 209 Å². The van der Waals surface area contributed by atoms with E-state index in [4.69, 9.17) is 21.3 Å². The van der Waals surface area contributed by atoms with Gasteiger partial charge in [-0.3, -0.25) is 19.1 Å². The second-order valence-electron chi connectivity index (χ2n) is 11.8. The van der Waals surface area contributed by atoms with Crippen LogP contribution in [0.3, 0.4) is 0 Å². The predicted octanol–water partition coefficient (Wildman–Crippen LogP) is 5.35. The van der Waals surface area contributed by atoms with Crippen molar-refractivity contribution in [2.45, 2.75) is 59.0 Å². The lowest BCUT2D eigenvalue weighted by Crippen LogP contribution is -2.33. The number of sulfonamides is 1. The molecule has 0 radical (unpaired) electrons. The molecule has 7 N–H and O–H groups in total. The fraction of sp³-hybridized carbons (Fsp3) is 0.371. The lowest BCUT2D eigenvalue weighted by atomic mass is 10.0. The van der Waals surface area contributed by atoms with Gasteiger partial charge in [-0.1, -0.05) is 74.9 Å². The molecule has 0 saturated carbocycles. The third kappa shape index (κ3) is 11.0. The first-order valence-corrected chi connectivity index (χ1v) is 18.5. The van der Waals surface area contributed by atoms with Crippen LogP contribution >= 0.6 is 11.3 Å². The van der Waals surface area contributed by atoms with E-state index in [-0.39, 0.29) is 12.4 Å². The second kappa shape index (κ2) is 19.0. The minimum Gasteiger partial charge on any atom is -0.480 e. The van der Waals surface area contributed by atoms with Crippen LogP contribution in [-0.4, -0.2) is 66.8 Å². The van der Waals surface area contributed by atoms with Gasteiger partial charge in [0.1, 0.15) is 22.6 Å². The molecule has 4 rings (SSSR count). The number of carboxylic acids is 1. The molecule has 0 aliphatic carbocycles. The van der Waals surface area contributed by atoms with E-state index in [9.17, 15) is 22.8 Å². The number of anilines is 1. The number of aliphatic carboxylic acids is 1. The number of nitrogens with two attached hydrogens (primary N) is 2. The maximum atomic E-state index is 12.6. The van der Waals surface area contributed by atoms with Gasteiger partial charge in [0.25, 0.3) is 0 Å². The van der Waals surface area contributed by atoms with Crippen molar-refractivity contribution in [1.82, 2.24) is 14.9 Å². The zero-order chi connectivity index (χ0) is 36.8. The summed E-state index contributed by atoms with van der Waals surface area (Å²) in [4.78, 5) is 39.8. The van der Waals surface area contributed by atoms with Crippen molar-refractivity contribution in [3.8, 4) is 28.4 Å². The fourth-order valence-electron chi connectivity index (χ4n) is 4.92. The quantitative estimate of drug-likeness (QED) is 0.0739. The summed E-state index contributed by atoms with van der Waals surface area (Å²) in [5.74, 6) is 0.309. The lowest BCUT2D eigenvalue weighted by molar-refractivity contribution is -0.138. The first-order valence-electron chi connectivity index (χ1n) is 16.2. The third-order valence-corrected chi connectivity index (χ3v) is 9.69. The number of aromatic nitrogens is 2. The predicted molar refractivity (Wildman–Crippen MR) is 197 cm³/mol. The average Bonchev–Trinajstić information content (AvgIpc) is 3.65. The summed E-state index contributed by atoms with van der Waals surface area (Å²) in [7, 11) is -2.77. The summed E-state index contributed by atoms with van der Waals surface area (Å²) in [6.07, 6.45) is 3.68. The fourth-order valence-corrected chi connectivity index (χ4v) is 7.34. The largest absolute Gasteiger partial charge is 0.480 e. The molecule has 0 saturated heterocycles. The number of benzene rings is 2. The van der Waals surface area contributed by atoms with Crippen molar-refractivity contribution in [3.05, 3.63) is 76.8 Å². The highest BCUT2D eigenvalue weighted by Crippen LogP contribution is 2.38. The number of thiophene rings is 1. The van der Waals surface area contributed by atoms with Gasteiger partial charge >= 0.3 is 21.2 Å². The zero-order valence-electron chi connectivity index (χ0n) is 28.7. The van der Waals surface area contributed by atoms with E-state index < -0.39 is 27.3 Å². The van der Waals surface area contributed by atoms with Crippen LogP contribution in [0.5, 0.6) is 5.88 Å². The van der Waals surface area contributed by atoms with Gasteiger partial charge in [-0.05, 0) is 55.8 Å². The van der Waals surface area contributed by atoms with Crippen LogP contribution in [-0.2, 0) is 27.8 Å². The van der Waals surface area contributed by atoms with Crippen LogP contribution in [0.15, 0.2) is 60.7 Å². The Morgan fingerprint density at radius 2 is 1.76 bits per heavy atom. The van der Waals surface area contributed by atoms with Crippen LogP contribution in [0.1, 0.15) is 61.0 Å². The Balaban J connectivity index is 0.000000588. The molecular formula is C35H46N6O7S2. The summed E-state index contributed by atoms with van der Waals surface area (Å²) in [5, 5.41) is 9.99. The van der Waals surface area contributed by atoms with Gasteiger partial charge in [0.05, 0.1) is 7.11 Å². The number of hydrogen-bond acceptors (Lipinski definition) is 10. The number of hydrogen-bond donors (Lipinski definition) is 5. The molecule has 50 heavy (non-hydrogen) atoms. The van der Waals surface area contributed by atoms with Gasteiger partial charge in [0.2, 0.25) is 5.88 Å². The van der Waals surface area contributed by atoms with Crippen molar-refractivity contribution in [2.75, 3.05) is 24.9 Å². The molecule has 1 amide bonds. The van der Waals surface area contributed by atoms with Crippen molar-refractivity contribution in [3.63, 3.8) is 0 Å². The molecule has 0 aliphatic rings. The minimum atomic E-state index is -4.25. The molecule has 0 unspecified atom stereocenters. The highest BCUT2D eigenvalue weighted by atomic mass is 32.2. The van der Waals surface area contributed by atoms with Gasteiger partial charge in [-0.15, -0.1) is 11.3 Å². The van der Waals surface area contributed by atoms with Crippen LogP contribution in [0.4, 0.5) is 9.80 Å². The van der Waals surface area contributed by atoms with Gasteiger partial charge in [-0.2, -0.15) is 13.4 Å². The van der Waals surface area contributed by atoms with Crippen molar-refractivity contribution in [1.29, 1.82) is 0 Å². The number of carbonyl (C=O) groups excluding carboxylic acids is 2. The Morgan fingerprint density at radius 1 is 1.08 bits per heavy atom. The van der Waals surface area contributed by atoms with Crippen LogP contribution in [0, 0.1) is 5.92 Å². The Hall–Kier alpha value is -4.57. The van der Waals surface area contributed by atoms with E-state index in [2.05, 4.69) is 28.9 Å². The summed E-state index contributed by atoms with van der Waals surface area (Å²) >= 11 is 1.33. The Bertz CT molecular complexity index is 1820. The zero-order valence-corrected chi connectivity index (χ0v) is 30.4. The van der Waals surface area contributed by atoms with E-state index in [0.717, 1.165) is 47.1 Å². The highest BCUT2D eigenvalue weighted by molar-refractivity contribution is 8.07. The molecule has 4 aromatic rings. The molecule has 1 atom stereocenters. The summed E-state index contributed by atoms with van der Waals surface area (Å²) in [5.41, 5.74) is 14.0. The van der Waals surface area contributed by atoms with E-state index in [1.807, 2.05) is 65.2 Å². The number of ether oxygens (including phenoxy) is 1. The number of carbonyl (C=O) groups is 3. The molecule has 2 aromatic carbocycles. The molecule has 2 aromatic heterocycles. The first-order chi connectivity index (χ1) is 23.8. The van der Waals surface area contributed by atoms with E-state index in [0.29, 0.717) is 47.5 Å². The maximum Gasteiger partial charge on any atom is 0.357 e. The number of nitrogens with zero attached hydrogens (tertiary/aromatic N) is 2. The number of carboxylic acid groups (broad SMARTS) is 1. The van der Waals surface area contributed by atoms with Crippen LogP contribution in [0.25, 0.3) is 22.5 Å². The molecular weight excluding hydrogens is 681 g/mol. The van der Waals surface area contributed by atoms with E-state index >= 15 is 0 Å². The highest BCUT2D eigenvalue weighted by Gasteiger charge is 2.25. The molecule has 270 valence electrons. The SMILES string of the molecule is CCNC(=O)S(=O)(=O)Nc1sc(CC(C)C)cc1-c1ccc(Cn2c(-c3ccccc3)nc(OC)c2C=O)cc1.NCCCC[C@H](N)C(=O)O. The Kier molecular flexibility index (Phi) is 15.1. The standard InChI is InChI=1S/C29H32N4O5S2.C6H14N2O2/c1-5-30-29(35)40(36,37)32-28-24(16-23(39-28)15-19(2)3)21-13-11-20(12-14-21)17-33-25(18-34)27(38-4)31-26(33)22-9-7-6-8-10-22;7-4-2-1-3-5(8)6(9)10/h6-14,16,18-19,32H,5,15,17H2,1-4H3,(H,30,35);5H,1-4,7-8H2,(H,9,10)/t;5-/m.0/s1. The summed E-state index contributed by atoms with van der Waals surface area (Å²) in [6.45, 7) is 7.02. The number of aldehydes is 1. The molecule has 13 nitrogen and oxygen atoms in total. The third-order valence-electron chi connectivity index (χ3n) is 7.39. The van der Waals surface area contributed by atoms with Crippen molar-refractivity contribution < 1.29 is 32.6 Å². The van der Waals surface area contributed by atoms with Crippen molar-refractivity contribution >= 4 is 43.9 Å². The number of amides is 1. The molecule has 0 fully saturated rings. The summed E-state index contributed by atoms with van der Waals surface area (Å²) < 4.78 is 34.9. The monoisotopic (exact) mass is 726 g/mol. The molecule has 15 heteroatoms. The number of imidazole rings is 1. The number of methoxy groups -OCH3 is 1. The number of rotatable bonds is 16. The Labute approximate surface area is 297 Å². The summed E-state index contributed by atoms with van der Waals surface area (Å²) in [6, 6.07) is 18.5. The smallest absolute Gasteiger partial charge is 0.357 e. The molecule has 0 aliphatic heterocycles. The van der Waals surface area contributed by atoms with E-state index in [1.165, 1.54) is 18.4 Å². The molecule has 0 bridgehead atoms. The average molecular weight is 727 g/mol. The lowest BCUT2D eigenvalue weighted by Gasteiger charge is -2.11. The van der Waals surface area contributed by atoms with Crippen LogP contribution in [0.2, 0.25) is 0 Å². The van der Waals surface area contributed by atoms with Crippen molar-refractivity contribution in [2.24, 2.45) is 17.4 Å². The normalized spacial score (nSPS) is 11.7. The Morgan fingerprint density at radius 3 is 2.32 bits per heavy atom. The van der Waals surface area contributed by atoms with Crippen LogP contribution < -0.4 is 26.2 Å².